The second-order valence-electron chi connectivity index (χ2n) is 5.48. The Hall–Kier alpha value is -3.95. The number of nitrogens with one attached hydrogen (secondary N) is 4. The third-order valence-corrected chi connectivity index (χ3v) is 3.47. The van der Waals surface area contributed by atoms with Crippen molar-refractivity contribution in [1.29, 1.82) is 0 Å². The molecule has 1 heterocycles. The maximum Gasteiger partial charge on any atom is 0.316 e. The molecule has 9 nitrogen and oxygen atoms in total. The van der Waals surface area contributed by atoms with Crippen LogP contribution < -0.4 is 27.2 Å². The second kappa shape index (κ2) is 9.67. The van der Waals surface area contributed by atoms with E-state index in [1.807, 2.05) is 0 Å². The van der Waals surface area contributed by atoms with Crippen molar-refractivity contribution in [2.24, 2.45) is 5.73 Å². The first-order valence-electron chi connectivity index (χ1n) is 8.13. The average Bonchev–Trinajstić information content (AvgIpc) is 2.64. The minimum atomic E-state index is -0.919. The summed E-state index contributed by atoms with van der Waals surface area (Å²) in [5.41, 5.74) is 4.63. The van der Waals surface area contributed by atoms with Gasteiger partial charge >= 0.3 is 6.03 Å². The number of halogens is 1. The van der Waals surface area contributed by atoms with Crippen molar-refractivity contribution in [2.75, 3.05) is 18.4 Å². The summed E-state index contributed by atoms with van der Waals surface area (Å²) >= 11 is 0. The summed E-state index contributed by atoms with van der Waals surface area (Å²) in [5.74, 6) is -1.91. The summed E-state index contributed by atoms with van der Waals surface area (Å²) in [4.78, 5) is 48.3. The van der Waals surface area contributed by atoms with E-state index in [0.717, 1.165) is 6.07 Å². The molecule has 0 radical (unpaired) electrons. The number of rotatable bonds is 7. The highest BCUT2D eigenvalue weighted by Gasteiger charge is 2.16. The number of carbonyl (C=O) groups is 3. The van der Waals surface area contributed by atoms with Crippen LogP contribution in [0.5, 0.6) is 0 Å². The van der Waals surface area contributed by atoms with Gasteiger partial charge in [0.15, 0.2) is 0 Å². The van der Waals surface area contributed by atoms with E-state index in [1.165, 1.54) is 30.5 Å². The van der Waals surface area contributed by atoms with Gasteiger partial charge in [-0.3, -0.25) is 14.4 Å². The standard InChI is InChI=1S/C18H18FN5O4/c19-12-4-3-5-13(24-18(20)28)15(12)17(27)22-9-2-1-8-21-16(26)11-6-7-14(25)23-10-11/h1-7,10H,8-9H2,(H,21,26)(H,22,27)(H,23,25)(H3,20,24,28)/b2-1+. The monoisotopic (exact) mass is 387 g/mol. The van der Waals surface area contributed by atoms with Crippen molar-refractivity contribution in [3.05, 3.63) is 76.0 Å². The quantitative estimate of drug-likeness (QED) is 0.446. The maximum absolute atomic E-state index is 13.9. The van der Waals surface area contributed by atoms with Crippen molar-refractivity contribution in [3.8, 4) is 0 Å². The van der Waals surface area contributed by atoms with E-state index in [1.54, 1.807) is 12.2 Å². The Kier molecular flexibility index (Phi) is 7.03. The summed E-state index contributed by atoms with van der Waals surface area (Å²) in [6.07, 6.45) is 4.45. The molecule has 10 heteroatoms. The number of anilines is 1. The van der Waals surface area contributed by atoms with Gasteiger partial charge in [-0.15, -0.1) is 0 Å². The molecule has 0 aliphatic heterocycles. The lowest BCUT2D eigenvalue weighted by Crippen LogP contribution is -2.28. The Morgan fingerprint density at radius 1 is 1.04 bits per heavy atom. The molecule has 0 unspecified atom stereocenters. The summed E-state index contributed by atoms with van der Waals surface area (Å²) < 4.78 is 13.9. The molecule has 0 aliphatic rings. The largest absolute Gasteiger partial charge is 0.351 e. The predicted molar refractivity (Wildman–Crippen MR) is 100 cm³/mol. The Bertz CT molecular complexity index is 950. The van der Waals surface area contributed by atoms with Gasteiger partial charge in [0.25, 0.3) is 11.8 Å². The van der Waals surface area contributed by atoms with Gasteiger partial charge < -0.3 is 26.7 Å². The number of aromatic amines is 1. The van der Waals surface area contributed by atoms with Gasteiger partial charge in [-0.25, -0.2) is 9.18 Å². The summed E-state index contributed by atoms with van der Waals surface area (Å²) in [7, 11) is 0. The number of nitrogens with two attached hydrogens (primary N) is 1. The van der Waals surface area contributed by atoms with Crippen LogP contribution in [0.2, 0.25) is 0 Å². The molecule has 0 bridgehead atoms. The Labute approximate surface area is 158 Å². The zero-order valence-electron chi connectivity index (χ0n) is 14.6. The minimum absolute atomic E-state index is 0.0397. The second-order valence-corrected chi connectivity index (χ2v) is 5.48. The predicted octanol–water partition coefficient (Wildman–Crippen LogP) is 0.721. The third-order valence-electron chi connectivity index (χ3n) is 3.47. The Balaban J connectivity index is 1.84. The first-order valence-corrected chi connectivity index (χ1v) is 8.13. The van der Waals surface area contributed by atoms with Gasteiger partial charge in [0.2, 0.25) is 5.56 Å². The fourth-order valence-corrected chi connectivity index (χ4v) is 2.20. The van der Waals surface area contributed by atoms with Crippen molar-refractivity contribution in [2.45, 2.75) is 0 Å². The van der Waals surface area contributed by atoms with E-state index in [-0.39, 0.29) is 35.8 Å². The molecule has 6 N–H and O–H groups in total. The molecular weight excluding hydrogens is 369 g/mol. The van der Waals surface area contributed by atoms with Crippen LogP contribution in [0.1, 0.15) is 20.7 Å². The number of H-pyrrole nitrogens is 1. The molecule has 146 valence electrons. The highest BCUT2D eigenvalue weighted by molar-refractivity contribution is 6.03. The zero-order valence-corrected chi connectivity index (χ0v) is 14.6. The SMILES string of the molecule is NC(=O)Nc1cccc(F)c1C(=O)NC/C=C/CNC(=O)c1ccc(=O)[nH]c1. The number of hydrogen-bond acceptors (Lipinski definition) is 4. The van der Waals surface area contributed by atoms with E-state index in [2.05, 4.69) is 20.9 Å². The molecule has 0 atom stereocenters. The minimum Gasteiger partial charge on any atom is -0.351 e. The average molecular weight is 387 g/mol. The highest BCUT2D eigenvalue weighted by atomic mass is 19.1. The van der Waals surface area contributed by atoms with Crippen LogP contribution in [0.3, 0.4) is 0 Å². The smallest absolute Gasteiger partial charge is 0.316 e. The van der Waals surface area contributed by atoms with Crippen molar-refractivity contribution in [3.63, 3.8) is 0 Å². The number of benzene rings is 1. The summed E-state index contributed by atoms with van der Waals surface area (Å²) in [5, 5.41) is 7.25. The molecule has 1 aromatic carbocycles. The van der Waals surface area contributed by atoms with Gasteiger partial charge in [-0.05, 0) is 18.2 Å². The normalized spacial score (nSPS) is 10.5. The van der Waals surface area contributed by atoms with E-state index >= 15 is 0 Å². The Morgan fingerprint density at radius 2 is 1.71 bits per heavy atom. The summed E-state index contributed by atoms with van der Waals surface area (Å²) in [6, 6.07) is 5.49. The van der Waals surface area contributed by atoms with Crippen molar-refractivity contribution in [1.82, 2.24) is 15.6 Å². The zero-order chi connectivity index (χ0) is 20.5. The molecule has 0 aliphatic carbocycles. The van der Waals surface area contributed by atoms with Gasteiger partial charge in [-0.1, -0.05) is 18.2 Å². The van der Waals surface area contributed by atoms with Crippen LogP contribution in [0, 0.1) is 5.82 Å². The fraction of sp³-hybridized carbons (Fsp3) is 0.111. The maximum atomic E-state index is 13.9. The third kappa shape index (κ3) is 5.80. The van der Waals surface area contributed by atoms with Gasteiger partial charge in [0.1, 0.15) is 5.82 Å². The van der Waals surface area contributed by atoms with E-state index in [0.29, 0.717) is 5.56 Å². The molecule has 2 aromatic rings. The molecule has 4 amide bonds. The van der Waals surface area contributed by atoms with E-state index in [9.17, 15) is 23.6 Å². The molecule has 2 rings (SSSR count). The number of aromatic nitrogens is 1. The number of urea groups is 1. The molecule has 0 saturated carbocycles. The molecule has 0 spiro atoms. The number of primary amides is 1. The number of pyridine rings is 1. The van der Waals surface area contributed by atoms with Crippen LogP contribution >= 0.6 is 0 Å². The number of amides is 4. The Morgan fingerprint density at radius 3 is 2.32 bits per heavy atom. The van der Waals surface area contributed by atoms with Crippen LogP contribution in [0.25, 0.3) is 0 Å². The first-order chi connectivity index (χ1) is 13.4. The van der Waals surface area contributed by atoms with E-state index < -0.39 is 17.8 Å². The van der Waals surface area contributed by atoms with Gasteiger partial charge in [0.05, 0.1) is 16.8 Å². The van der Waals surface area contributed by atoms with E-state index in [4.69, 9.17) is 5.73 Å². The number of carbonyl (C=O) groups excluding carboxylic acids is 3. The highest BCUT2D eigenvalue weighted by Crippen LogP contribution is 2.18. The molecule has 1 aromatic heterocycles. The lowest BCUT2D eigenvalue weighted by molar-refractivity contribution is 0.0946. The summed E-state index contributed by atoms with van der Waals surface area (Å²) in [6.45, 7) is 0.250. The van der Waals surface area contributed by atoms with Crippen LogP contribution in [-0.4, -0.2) is 35.9 Å². The van der Waals surface area contributed by atoms with Gasteiger partial charge in [0, 0.05) is 25.4 Å². The molecule has 0 saturated heterocycles. The van der Waals surface area contributed by atoms with Crippen LogP contribution in [-0.2, 0) is 0 Å². The van der Waals surface area contributed by atoms with Crippen molar-refractivity contribution >= 4 is 23.5 Å². The first kappa shape index (κ1) is 20.4. The number of hydrogen-bond donors (Lipinski definition) is 5. The lowest BCUT2D eigenvalue weighted by Gasteiger charge is -2.10. The fourth-order valence-electron chi connectivity index (χ4n) is 2.20. The lowest BCUT2D eigenvalue weighted by atomic mass is 10.1. The topological polar surface area (TPSA) is 146 Å². The molecular formula is C18H18FN5O4. The van der Waals surface area contributed by atoms with Crippen LogP contribution in [0.15, 0.2) is 53.5 Å². The van der Waals surface area contributed by atoms with Gasteiger partial charge in [-0.2, -0.15) is 0 Å². The van der Waals surface area contributed by atoms with Crippen LogP contribution in [0.4, 0.5) is 14.9 Å². The van der Waals surface area contributed by atoms with Crippen molar-refractivity contribution < 1.29 is 18.8 Å². The molecule has 28 heavy (non-hydrogen) atoms. The molecule has 0 fully saturated rings.